The summed E-state index contributed by atoms with van der Waals surface area (Å²) in [6.07, 6.45) is 4.57. The number of nitrogens with zero attached hydrogens (tertiary/aromatic N) is 1. The minimum atomic E-state index is 0.0377. The fourth-order valence-electron chi connectivity index (χ4n) is 2.21. The molecule has 1 unspecified atom stereocenters. The quantitative estimate of drug-likeness (QED) is 0.568. The number of carbonyl (C=O) groups is 1. The lowest BCUT2D eigenvalue weighted by Crippen LogP contribution is -2.41. The van der Waals surface area contributed by atoms with Gasteiger partial charge in [-0.1, -0.05) is 13.0 Å². The Balaban J connectivity index is 2.75. The van der Waals surface area contributed by atoms with Crippen molar-refractivity contribution in [3.05, 3.63) is 12.2 Å². The van der Waals surface area contributed by atoms with Crippen molar-refractivity contribution in [3.8, 4) is 0 Å². The monoisotopic (exact) mass is 181 g/mol. The van der Waals surface area contributed by atoms with Crippen LogP contribution in [0.25, 0.3) is 0 Å². The van der Waals surface area contributed by atoms with Gasteiger partial charge in [-0.25, -0.2) is 0 Å². The zero-order valence-corrected chi connectivity index (χ0v) is 9.00. The van der Waals surface area contributed by atoms with E-state index >= 15 is 0 Å². The number of amides is 1. The smallest absolute Gasteiger partial charge is 0.246 e. The Morgan fingerprint density at radius 1 is 1.54 bits per heavy atom. The van der Waals surface area contributed by atoms with Gasteiger partial charge in [0, 0.05) is 12.1 Å². The summed E-state index contributed by atoms with van der Waals surface area (Å²) in [5.41, 5.74) is 0.0377. The SMILES string of the molecule is C/C=C/C(=O)N1CC(C)CC1(C)C. The molecule has 1 aliphatic heterocycles. The maximum absolute atomic E-state index is 11.6. The van der Waals surface area contributed by atoms with Gasteiger partial charge in [-0.2, -0.15) is 0 Å². The number of rotatable bonds is 1. The lowest BCUT2D eigenvalue weighted by atomic mass is 9.98. The number of carbonyl (C=O) groups excluding carboxylic acids is 1. The Bertz CT molecular complexity index is 230. The number of likely N-dealkylation sites (tertiary alicyclic amines) is 1. The van der Waals surface area contributed by atoms with Gasteiger partial charge in [0.1, 0.15) is 0 Å². The van der Waals surface area contributed by atoms with Gasteiger partial charge < -0.3 is 4.90 Å². The van der Waals surface area contributed by atoms with Crippen LogP contribution < -0.4 is 0 Å². The molecule has 0 radical (unpaired) electrons. The molecule has 74 valence electrons. The molecule has 0 N–H and O–H groups in total. The molecule has 0 aliphatic carbocycles. The summed E-state index contributed by atoms with van der Waals surface area (Å²) in [4.78, 5) is 13.6. The van der Waals surface area contributed by atoms with E-state index in [4.69, 9.17) is 0 Å². The Hall–Kier alpha value is -0.790. The van der Waals surface area contributed by atoms with Crippen molar-refractivity contribution >= 4 is 5.91 Å². The van der Waals surface area contributed by atoms with E-state index in [-0.39, 0.29) is 11.4 Å². The van der Waals surface area contributed by atoms with Gasteiger partial charge in [0.15, 0.2) is 0 Å². The standard InChI is InChI=1S/C11H19NO/c1-5-6-10(13)12-8-9(2)7-11(12,3)4/h5-6,9H,7-8H2,1-4H3/b6-5+. The molecule has 13 heavy (non-hydrogen) atoms. The van der Waals surface area contributed by atoms with E-state index in [0.29, 0.717) is 5.92 Å². The van der Waals surface area contributed by atoms with Crippen LogP contribution in [0.1, 0.15) is 34.1 Å². The summed E-state index contributed by atoms with van der Waals surface area (Å²) >= 11 is 0. The largest absolute Gasteiger partial charge is 0.334 e. The van der Waals surface area contributed by atoms with Gasteiger partial charge in [0.25, 0.3) is 0 Å². The summed E-state index contributed by atoms with van der Waals surface area (Å²) in [5, 5.41) is 0. The van der Waals surface area contributed by atoms with Crippen LogP contribution in [0.3, 0.4) is 0 Å². The Labute approximate surface area is 80.6 Å². The molecule has 2 nitrogen and oxygen atoms in total. The van der Waals surface area contributed by atoms with Gasteiger partial charge >= 0.3 is 0 Å². The lowest BCUT2D eigenvalue weighted by Gasteiger charge is -2.30. The fourth-order valence-corrected chi connectivity index (χ4v) is 2.21. The molecule has 1 rings (SSSR count). The zero-order valence-electron chi connectivity index (χ0n) is 9.00. The molecule has 1 saturated heterocycles. The van der Waals surface area contributed by atoms with Crippen molar-refractivity contribution in [1.29, 1.82) is 0 Å². The van der Waals surface area contributed by atoms with Crippen LogP contribution in [0.4, 0.5) is 0 Å². The van der Waals surface area contributed by atoms with Crippen molar-refractivity contribution in [2.45, 2.75) is 39.7 Å². The van der Waals surface area contributed by atoms with Crippen LogP contribution in [0.5, 0.6) is 0 Å². The van der Waals surface area contributed by atoms with Gasteiger partial charge in [-0.3, -0.25) is 4.79 Å². The average Bonchev–Trinajstić information content (AvgIpc) is 2.24. The first-order valence-corrected chi connectivity index (χ1v) is 4.91. The zero-order chi connectivity index (χ0) is 10.1. The summed E-state index contributed by atoms with van der Waals surface area (Å²) in [6, 6.07) is 0. The van der Waals surface area contributed by atoms with Crippen LogP contribution in [-0.2, 0) is 4.79 Å². The maximum Gasteiger partial charge on any atom is 0.246 e. The highest BCUT2D eigenvalue weighted by molar-refractivity contribution is 5.88. The van der Waals surface area contributed by atoms with Crippen molar-refractivity contribution < 1.29 is 4.79 Å². The molecule has 0 aromatic heterocycles. The van der Waals surface area contributed by atoms with E-state index in [1.807, 2.05) is 11.8 Å². The maximum atomic E-state index is 11.6. The number of allylic oxidation sites excluding steroid dienone is 1. The minimum absolute atomic E-state index is 0.0377. The van der Waals surface area contributed by atoms with E-state index in [0.717, 1.165) is 13.0 Å². The molecule has 1 fully saturated rings. The Morgan fingerprint density at radius 2 is 2.15 bits per heavy atom. The molecular formula is C11H19NO. The van der Waals surface area contributed by atoms with Gasteiger partial charge in [0.2, 0.25) is 5.91 Å². The highest BCUT2D eigenvalue weighted by Gasteiger charge is 2.38. The molecule has 1 aliphatic rings. The van der Waals surface area contributed by atoms with E-state index < -0.39 is 0 Å². The lowest BCUT2D eigenvalue weighted by molar-refractivity contribution is -0.129. The van der Waals surface area contributed by atoms with Crippen molar-refractivity contribution in [3.63, 3.8) is 0 Å². The first-order chi connectivity index (χ1) is 5.97. The predicted octanol–water partition coefficient (Wildman–Crippen LogP) is 2.21. The molecule has 0 saturated carbocycles. The molecule has 1 amide bonds. The first kappa shape index (κ1) is 10.3. The van der Waals surface area contributed by atoms with Crippen molar-refractivity contribution in [2.24, 2.45) is 5.92 Å². The normalized spacial score (nSPS) is 27.1. The number of hydrogen-bond donors (Lipinski definition) is 0. The topological polar surface area (TPSA) is 20.3 Å². The molecular weight excluding hydrogens is 162 g/mol. The highest BCUT2D eigenvalue weighted by atomic mass is 16.2. The number of hydrogen-bond acceptors (Lipinski definition) is 1. The fraction of sp³-hybridized carbons (Fsp3) is 0.727. The summed E-state index contributed by atoms with van der Waals surface area (Å²) < 4.78 is 0. The second-order valence-corrected chi connectivity index (χ2v) is 4.57. The van der Waals surface area contributed by atoms with Gasteiger partial charge in [-0.05, 0) is 39.2 Å². The Kier molecular flexibility index (Phi) is 2.79. The molecule has 0 aromatic rings. The third-order valence-electron chi connectivity index (χ3n) is 2.65. The highest BCUT2D eigenvalue weighted by Crippen LogP contribution is 2.32. The van der Waals surface area contributed by atoms with Crippen LogP contribution in [-0.4, -0.2) is 22.9 Å². The van der Waals surface area contributed by atoms with E-state index in [9.17, 15) is 4.79 Å². The van der Waals surface area contributed by atoms with Crippen LogP contribution in [0.2, 0.25) is 0 Å². The second-order valence-electron chi connectivity index (χ2n) is 4.57. The molecule has 1 atom stereocenters. The van der Waals surface area contributed by atoms with Gasteiger partial charge in [-0.15, -0.1) is 0 Å². The molecule has 0 bridgehead atoms. The summed E-state index contributed by atoms with van der Waals surface area (Å²) in [5.74, 6) is 0.779. The van der Waals surface area contributed by atoms with E-state index in [1.165, 1.54) is 0 Å². The van der Waals surface area contributed by atoms with Crippen LogP contribution >= 0.6 is 0 Å². The van der Waals surface area contributed by atoms with E-state index in [1.54, 1.807) is 12.2 Å². The molecule has 2 heteroatoms. The Morgan fingerprint density at radius 3 is 2.54 bits per heavy atom. The third kappa shape index (κ3) is 2.11. The third-order valence-corrected chi connectivity index (χ3v) is 2.65. The van der Waals surface area contributed by atoms with Crippen LogP contribution in [0.15, 0.2) is 12.2 Å². The second kappa shape index (κ2) is 3.52. The van der Waals surface area contributed by atoms with Gasteiger partial charge in [0.05, 0.1) is 0 Å². The van der Waals surface area contributed by atoms with Crippen molar-refractivity contribution in [2.75, 3.05) is 6.54 Å². The van der Waals surface area contributed by atoms with Crippen LogP contribution in [0, 0.1) is 5.92 Å². The summed E-state index contributed by atoms with van der Waals surface area (Å²) in [6.45, 7) is 9.25. The molecule has 1 heterocycles. The predicted molar refractivity (Wildman–Crippen MR) is 54.4 cm³/mol. The minimum Gasteiger partial charge on any atom is -0.334 e. The molecule has 0 aromatic carbocycles. The average molecular weight is 181 g/mol. The van der Waals surface area contributed by atoms with Crippen molar-refractivity contribution in [1.82, 2.24) is 4.90 Å². The molecule has 0 spiro atoms. The summed E-state index contributed by atoms with van der Waals surface area (Å²) in [7, 11) is 0. The van der Waals surface area contributed by atoms with E-state index in [2.05, 4.69) is 20.8 Å². The first-order valence-electron chi connectivity index (χ1n) is 4.91.